The molecule has 2 radical (unpaired) electrons. The van der Waals surface area contributed by atoms with Gasteiger partial charge in [-0.15, -0.1) is 0 Å². The summed E-state index contributed by atoms with van der Waals surface area (Å²) in [6, 6.07) is 10.6. The first-order chi connectivity index (χ1) is 6.79. The molecule has 0 aliphatic carbocycles. The second kappa shape index (κ2) is 9.05. The van der Waals surface area contributed by atoms with E-state index in [2.05, 4.69) is 12.1 Å². The number of benzene rings is 1. The van der Waals surface area contributed by atoms with Gasteiger partial charge < -0.3 is 5.73 Å². The van der Waals surface area contributed by atoms with Crippen molar-refractivity contribution in [3.05, 3.63) is 35.9 Å². The molecule has 0 fully saturated rings. The quantitative estimate of drug-likeness (QED) is 0.443. The van der Waals surface area contributed by atoms with Crippen LogP contribution in [0.2, 0.25) is 0 Å². The van der Waals surface area contributed by atoms with Crippen molar-refractivity contribution in [3.8, 4) is 0 Å². The van der Waals surface area contributed by atoms with E-state index in [0.29, 0.717) is 0 Å². The number of hydrogen-bond donors (Lipinski definition) is 3. The maximum absolute atomic E-state index is 8.74. The van der Waals surface area contributed by atoms with E-state index >= 15 is 0 Å². The van der Waals surface area contributed by atoms with Crippen LogP contribution < -0.4 is 5.73 Å². The Hall–Kier alpha value is -0.0279. The van der Waals surface area contributed by atoms with Gasteiger partial charge in [-0.25, -0.2) is 0 Å². The van der Waals surface area contributed by atoms with Crippen LogP contribution in [0.4, 0.5) is 0 Å². The Bertz CT molecular complexity index is 358. The van der Waals surface area contributed by atoms with Gasteiger partial charge in [-0.1, -0.05) is 30.3 Å². The molecule has 0 aromatic heterocycles. The van der Waals surface area contributed by atoms with Crippen molar-refractivity contribution in [2.45, 2.75) is 19.4 Å². The molecule has 0 heterocycles. The third-order valence-corrected chi connectivity index (χ3v) is 1.40. The third kappa shape index (κ3) is 16.4. The number of hydrogen-bond acceptors (Lipinski definition) is 3. The first kappa shape index (κ1) is 18.3. The normalized spacial score (nSPS) is 11.8. The van der Waals surface area contributed by atoms with Gasteiger partial charge in [-0.05, 0) is 18.9 Å². The van der Waals surface area contributed by atoms with Crippen molar-refractivity contribution < 1.29 is 17.5 Å². The molecule has 5 nitrogen and oxygen atoms in total. The van der Waals surface area contributed by atoms with Gasteiger partial charge in [0.2, 0.25) is 0 Å². The Morgan fingerprint density at radius 3 is 1.94 bits per heavy atom. The molecule has 16 heavy (non-hydrogen) atoms. The predicted octanol–water partition coefficient (Wildman–Crippen LogP) is 0.00730. The Kier molecular flexibility index (Phi) is 10.4. The summed E-state index contributed by atoms with van der Waals surface area (Å²) >= 11 is 0. The summed E-state index contributed by atoms with van der Waals surface area (Å²) < 4.78 is 31.6. The van der Waals surface area contributed by atoms with Crippen molar-refractivity contribution in [1.29, 1.82) is 0 Å². The van der Waals surface area contributed by atoms with E-state index in [-0.39, 0.29) is 33.3 Å². The zero-order valence-electron chi connectivity index (χ0n) is 9.07. The first-order valence-corrected chi connectivity index (χ1v) is 5.68. The molecule has 0 spiro atoms. The fraction of sp³-hybridized carbons (Fsp3) is 0.333. The van der Waals surface area contributed by atoms with Crippen LogP contribution in [0.25, 0.3) is 0 Å². The van der Waals surface area contributed by atoms with E-state index in [0.717, 1.165) is 6.42 Å². The average Bonchev–Trinajstić information content (AvgIpc) is 2.01. The molecule has 0 saturated carbocycles. The topological polar surface area (TPSA) is 101 Å². The molecule has 0 amide bonds. The van der Waals surface area contributed by atoms with Crippen LogP contribution in [0.15, 0.2) is 30.3 Å². The Balaban J connectivity index is 0. The van der Waals surface area contributed by atoms with Crippen LogP contribution in [-0.2, 0) is 16.8 Å². The van der Waals surface area contributed by atoms with Crippen LogP contribution in [0.3, 0.4) is 0 Å². The first-order valence-electron chi connectivity index (χ1n) is 4.28. The second-order valence-electron chi connectivity index (χ2n) is 3.11. The van der Waals surface area contributed by atoms with E-state index in [9.17, 15) is 0 Å². The Labute approximate surface area is 116 Å². The van der Waals surface area contributed by atoms with Crippen LogP contribution in [0.5, 0.6) is 0 Å². The summed E-state index contributed by atoms with van der Waals surface area (Å²) in [6.07, 6.45) is 0.973. The average molecular weight is 443 g/mol. The summed E-state index contributed by atoms with van der Waals surface area (Å²) in [5.41, 5.74) is 6.94. The van der Waals surface area contributed by atoms with Crippen LogP contribution in [-0.4, -0.2) is 50.9 Å². The summed E-state index contributed by atoms with van der Waals surface area (Å²) in [5, 5.41) is 0. The standard InChI is InChI=1S/C9H13N.H2O4S.Pb.2H/c1-8(10)7-9-5-3-2-4-6-9;1-5(2,3)4;;;/h2-6,8H,7,10H2,1H3;(H2,1,2,3,4);;;/t8-;;;;/m0..../s1. The van der Waals surface area contributed by atoms with E-state index in [1.807, 2.05) is 25.1 Å². The zero-order chi connectivity index (χ0) is 11.9. The molecule has 7 heteroatoms. The minimum absolute atomic E-state index is 0. The Morgan fingerprint density at radius 2 is 1.62 bits per heavy atom. The molecule has 0 aliphatic rings. The van der Waals surface area contributed by atoms with Crippen LogP contribution >= 0.6 is 0 Å². The molecule has 0 bridgehead atoms. The molecule has 0 saturated heterocycles. The summed E-state index contributed by atoms with van der Waals surface area (Å²) in [5.74, 6) is 0. The monoisotopic (exact) mass is 443 g/mol. The minimum atomic E-state index is -4.67. The van der Waals surface area contributed by atoms with Gasteiger partial charge in [0, 0.05) is 6.04 Å². The Morgan fingerprint density at radius 1 is 1.25 bits per heavy atom. The van der Waals surface area contributed by atoms with Gasteiger partial charge in [-0.3, -0.25) is 9.11 Å². The van der Waals surface area contributed by atoms with E-state index < -0.39 is 10.4 Å². The van der Waals surface area contributed by atoms with Gasteiger partial charge >= 0.3 is 37.7 Å². The predicted molar refractivity (Wildman–Crippen MR) is 66.5 cm³/mol. The molecular formula is C9H17NO4PbS. The molecule has 0 aliphatic heterocycles. The van der Waals surface area contributed by atoms with Gasteiger partial charge in [-0.2, -0.15) is 8.42 Å². The van der Waals surface area contributed by atoms with E-state index in [1.165, 1.54) is 5.56 Å². The third-order valence-electron chi connectivity index (χ3n) is 1.40. The summed E-state index contributed by atoms with van der Waals surface area (Å²) in [6.45, 7) is 2.02. The zero-order valence-corrected chi connectivity index (χ0v) is 15.4. The van der Waals surface area contributed by atoms with Crippen molar-refractivity contribution >= 4 is 37.7 Å². The van der Waals surface area contributed by atoms with Crippen molar-refractivity contribution in [2.24, 2.45) is 5.73 Å². The second-order valence-corrected chi connectivity index (χ2v) is 4.01. The van der Waals surface area contributed by atoms with E-state index in [4.69, 9.17) is 23.3 Å². The molecule has 92 valence electrons. The van der Waals surface area contributed by atoms with Crippen molar-refractivity contribution in [1.82, 2.24) is 0 Å². The number of rotatable bonds is 2. The molecule has 0 unspecified atom stereocenters. The molecule has 1 aromatic rings. The van der Waals surface area contributed by atoms with E-state index in [1.54, 1.807) is 0 Å². The number of nitrogens with two attached hydrogens (primary N) is 1. The summed E-state index contributed by atoms with van der Waals surface area (Å²) in [7, 11) is -4.67. The van der Waals surface area contributed by atoms with Crippen LogP contribution in [0.1, 0.15) is 12.5 Å². The molecule has 4 N–H and O–H groups in total. The maximum atomic E-state index is 8.74. The molecule has 1 rings (SSSR count). The van der Waals surface area contributed by atoms with Crippen LogP contribution in [0, 0.1) is 0 Å². The fourth-order valence-corrected chi connectivity index (χ4v) is 0.986. The van der Waals surface area contributed by atoms with Crippen molar-refractivity contribution in [3.63, 3.8) is 0 Å². The molecule has 1 aromatic carbocycles. The van der Waals surface area contributed by atoms with Gasteiger partial charge in [0.05, 0.1) is 0 Å². The van der Waals surface area contributed by atoms with Gasteiger partial charge in [0.25, 0.3) is 0 Å². The van der Waals surface area contributed by atoms with Gasteiger partial charge in [0.15, 0.2) is 0 Å². The van der Waals surface area contributed by atoms with Gasteiger partial charge in [0.1, 0.15) is 0 Å². The SMILES string of the molecule is C[C@H](N)Cc1ccccc1.O=S(=O)(O)O.[PbH2]. The fourth-order valence-electron chi connectivity index (χ4n) is 0.986. The summed E-state index contributed by atoms with van der Waals surface area (Å²) in [4.78, 5) is 0. The molecular weight excluding hydrogens is 425 g/mol. The van der Waals surface area contributed by atoms with Crippen molar-refractivity contribution in [2.75, 3.05) is 0 Å². The molecule has 1 atom stereocenters.